The van der Waals surface area contributed by atoms with Gasteiger partial charge < -0.3 is 10.2 Å². The molecule has 2 aromatic heterocycles. The van der Waals surface area contributed by atoms with E-state index in [2.05, 4.69) is 15.4 Å². The molecule has 0 radical (unpaired) electrons. The maximum Gasteiger partial charge on any atom is 0.350 e. The van der Waals surface area contributed by atoms with Crippen LogP contribution in [0.4, 0.5) is 9.18 Å². The monoisotopic (exact) mass is 498 g/mol. The predicted molar refractivity (Wildman–Crippen MR) is 131 cm³/mol. The molecule has 1 saturated carbocycles. The van der Waals surface area contributed by atoms with Gasteiger partial charge in [-0.05, 0) is 61.9 Å². The van der Waals surface area contributed by atoms with Gasteiger partial charge in [0, 0.05) is 43.6 Å². The standard InChI is InChI=1S/C25H28ClFN6O2/c26-22-15-28-12-9-21(22)23-30-32(25(35)33(23)20-7-5-18(27)6-8-20)16-17-10-13-31(14-11-17)24(34)29-19-3-1-2-4-19/h5-9,12,15,17,19H,1-4,10-11,13-14,16H2,(H,29,34). The number of hydrogen-bond donors (Lipinski definition) is 1. The summed E-state index contributed by atoms with van der Waals surface area (Å²) < 4.78 is 16.4. The van der Waals surface area contributed by atoms with Crippen molar-refractivity contribution >= 4 is 17.6 Å². The van der Waals surface area contributed by atoms with E-state index in [1.807, 2.05) is 4.90 Å². The molecule has 0 bridgehead atoms. The lowest BCUT2D eigenvalue weighted by molar-refractivity contribution is 0.161. The van der Waals surface area contributed by atoms with E-state index in [0.29, 0.717) is 47.8 Å². The van der Waals surface area contributed by atoms with Crippen molar-refractivity contribution in [2.24, 2.45) is 5.92 Å². The molecule has 3 heterocycles. The van der Waals surface area contributed by atoms with E-state index < -0.39 is 0 Å². The number of amides is 2. The smallest absolute Gasteiger partial charge is 0.335 e. The normalized spacial score (nSPS) is 17.1. The van der Waals surface area contributed by atoms with E-state index in [0.717, 1.165) is 25.7 Å². The molecule has 2 amide bonds. The Morgan fingerprint density at radius 2 is 1.80 bits per heavy atom. The second-order valence-electron chi connectivity index (χ2n) is 9.32. The maximum absolute atomic E-state index is 13.5. The molecule has 1 saturated heterocycles. The Balaban J connectivity index is 1.34. The van der Waals surface area contributed by atoms with Gasteiger partial charge in [0.15, 0.2) is 5.82 Å². The first kappa shape index (κ1) is 23.5. The van der Waals surface area contributed by atoms with Gasteiger partial charge in [-0.25, -0.2) is 23.2 Å². The van der Waals surface area contributed by atoms with E-state index in [-0.39, 0.29) is 23.5 Å². The van der Waals surface area contributed by atoms with Crippen LogP contribution in [0.3, 0.4) is 0 Å². The Morgan fingerprint density at radius 3 is 2.49 bits per heavy atom. The van der Waals surface area contributed by atoms with Gasteiger partial charge in [0.1, 0.15) is 5.82 Å². The van der Waals surface area contributed by atoms with E-state index in [1.54, 1.807) is 24.4 Å². The molecular weight excluding hydrogens is 471 g/mol. The van der Waals surface area contributed by atoms with Gasteiger partial charge >= 0.3 is 11.7 Å². The van der Waals surface area contributed by atoms with E-state index in [9.17, 15) is 14.0 Å². The fourth-order valence-corrected chi connectivity index (χ4v) is 5.18. The topological polar surface area (TPSA) is 85.1 Å². The first-order valence-electron chi connectivity index (χ1n) is 12.1. The number of halogens is 2. The number of nitrogens with one attached hydrogen (secondary N) is 1. The molecule has 2 aliphatic rings. The summed E-state index contributed by atoms with van der Waals surface area (Å²) in [6.45, 7) is 1.74. The van der Waals surface area contributed by atoms with Crippen LogP contribution in [0.25, 0.3) is 17.1 Å². The Kier molecular flexibility index (Phi) is 6.86. The Labute approximate surface area is 207 Å². The van der Waals surface area contributed by atoms with Crippen LogP contribution in [0.15, 0.2) is 47.5 Å². The highest BCUT2D eigenvalue weighted by Gasteiger charge is 2.27. The van der Waals surface area contributed by atoms with Crippen molar-refractivity contribution < 1.29 is 9.18 Å². The Morgan fingerprint density at radius 1 is 1.09 bits per heavy atom. The number of urea groups is 1. The molecule has 1 aliphatic carbocycles. The minimum absolute atomic E-state index is 0.0164. The van der Waals surface area contributed by atoms with Gasteiger partial charge in [0.05, 0.1) is 10.7 Å². The lowest BCUT2D eigenvalue weighted by Crippen LogP contribution is -2.47. The molecule has 0 unspecified atom stereocenters. The first-order valence-corrected chi connectivity index (χ1v) is 12.5. The van der Waals surface area contributed by atoms with Crippen LogP contribution in [0.1, 0.15) is 38.5 Å². The quantitative estimate of drug-likeness (QED) is 0.570. The largest absolute Gasteiger partial charge is 0.350 e. The van der Waals surface area contributed by atoms with Gasteiger partial charge in [0.25, 0.3) is 0 Å². The van der Waals surface area contributed by atoms with E-state index >= 15 is 0 Å². The number of likely N-dealkylation sites (tertiary alicyclic amines) is 1. The molecule has 2 fully saturated rings. The molecule has 184 valence electrons. The fraction of sp³-hybridized carbons (Fsp3) is 0.440. The van der Waals surface area contributed by atoms with Crippen LogP contribution >= 0.6 is 11.6 Å². The van der Waals surface area contributed by atoms with Crippen molar-refractivity contribution in [3.63, 3.8) is 0 Å². The van der Waals surface area contributed by atoms with Gasteiger partial charge in [-0.3, -0.25) is 4.98 Å². The van der Waals surface area contributed by atoms with E-state index in [1.165, 1.54) is 40.4 Å². The average Bonchev–Trinajstić information content (AvgIpc) is 3.48. The zero-order valence-corrected chi connectivity index (χ0v) is 20.1. The van der Waals surface area contributed by atoms with Gasteiger partial charge in [-0.15, -0.1) is 5.10 Å². The third-order valence-corrected chi connectivity index (χ3v) is 7.25. The van der Waals surface area contributed by atoms with Crippen molar-refractivity contribution in [3.8, 4) is 17.1 Å². The molecular formula is C25H28ClFN6O2. The van der Waals surface area contributed by atoms with Gasteiger partial charge in [0.2, 0.25) is 0 Å². The zero-order chi connectivity index (χ0) is 24.4. The summed E-state index contributed by atoms with van der Waals surface area (Å²) in [5.74, 6) is 0.198. The molecule has 0 atom stereocenters. The lowest BCUT2D eigenvalue weighted by Gasteiger charge is -2.32. The number of carbonyl (C=O) groups is 1. The molecule has 10 heteroatoms. The van der Waals surface area contributed by atoms with Crippen LogP contribution in [0, 0.1) is 11.7 Å². The highest BCUT2D eigenvalue weighted by Crippen LogP contribution is 2.27. The van der Waals surface area contributed by atoms with Crippen LogP contribution in [-0.4, -0.2) is 49.4 Å². The molecule has 1 aliphatic heterocycles. The number of rotatable bonds is 5. The second kappa shape index (κ2) is 10.2. The van der Waals surface area contributed by atoms with Crippen LogP contribution in [0.5, 0.6) is 0 Å². The molecule has 1 aromatic carbocycles. The number of hydrogen-bond acceptors (Lipinski definition) is 4. The summed E-state index contributed by atoms with van der Waals surface area (Å²) in [7, 11) is 0. The maximum atomic E-state index is 13.5. The van der Waals surface area contributed by atoms with Crippen LogP contribution in [0.2, 0.25) is 5.02 Å². The average molecular weight is 499 g/mol. The van der Waals surface area contributed by atoms with Gasteiger partial charge in [-0.2, -0.15) is 0 Å². The lowest BCUT2D eigenvalue weighted by atomic mass is 9.97. The molecule has 35 heavy (non-hydrogen) atoms. The molecule has 0 spiro atoms. The number of carbonyl (C=O) groups excluding carboxylic acids is 1. The highest BCUT2D eigenvalue weighted by atomic mass is 35.5. The van der Waals surface area contributed by atoms with Crippen molar-refractivity contribution in [1.29, 1.82) is 0 Å². The second-order valence-corrected chi connectivity index (χ2v) is 9.72. The van der Waals surface area contributed by atoms with Crippen molar-refractivity contribution in [1.82, 2.24) is 29.5 Å². The summed E-state index contributed by atoms with van der Waals surface area (Å²) in [6.07, 6.45) is 9.15. The molecule has 3 aromatic rings. The third-order valence-electron chi connectivity index (χ3n) is 6.95. The third kappa shape index (κ3) is 5.10. The van der Waals surface area contributed by atoms with Crippen molar-refractivity contribution in [3.05, 3.63) is 64.0 Å². The summed E-state index contributed by atoms with van der Waals surface area (Å²) >= 11 is 6.37. The molecule has 8 nitrogen and oxygen atoms in total. The molecule has 5 rings (SSSR count). The first-order chi connectivity index (χ1) is 17.0. The summed E-state index contributed by atoms with van der Waals surface area (Å²) in [5.41, 5.74) is 0.755. The number of aromatic nitrogens is 4. The zero-order valence-electron chi connectivity index (χ0n) is 19.4. The van der Waals surface area contributed by atoms with Crippen LogP contribution < -0.4 is 11.0 Å². The van der Waals surface area contributed by atoms with Crippen molar-refractivity contribution in [2.45, 2.75) is 51.1 Å². The van der Waals surface area contributed by atoms with Gasteiger partial charge in [-0.1, -0.05) is 24.4 Å². The number of nitrogens with zero attached hydrogens (tertiary/aromatic N) is 5. The predicted octanol–water partition coefficient (Wildman–Crippen LogP) is 4.25. The van der Waals surface area contributed by atoms with E-state index in [4.69, 9.17) is 11.6 Å². The summed E-state index contributed by atoms with van der Waals surface area (Å²) in [5, 5.41) is 8.14. The minimum atomic E-state index is -0.388. The SMILES string of the molecule is O=C(NC1CCCC1)N1CCC(Cn2nc(-c3ccncc3Cl)n(-c3ccc(F)cc3)c2=O)CC1. The number of piperidine rings is 1. The summed E-state index contributed by atoms with van der Waals surface area (Å²) in [6, 6.07) is 7.73. The minimum Gasteiger partial charge on any atom is -0.335 e. The Bertz CT molecular complexity index is 1240. The Hall–Kier alpha value is -3.20. The summed E-state index contributed by atoms with van der Waals surface area (Å²) in [4.78, 5) is 31.9. The number of pyridine rings is 1. The fourth-order valence-electron chi connectivity index (χ4n) is 4.98. The van der Waals surface area contributed by atoms with Crippen molar-refractivity contribution in [2.75, 3.05) is 13.1 Å². The van der Waals surface area contributed by atoms with Crippen LogP contribution in [-0.2, 0) is 6.54 Å². The molecule has 1 N–H and O–H groups in total. The highest BCUT2D eigenvalue weighted by molar-refractivity contribution is 6.33. The number of benzene rings is 1.